The Balaban J connectivity index is 1.95. The lowest BCUT2D eigenvalue weighted by atomic mass is 10.1. The van der Waals surface area contributed by atoms with E-state index in [-0.39, 0.29) is 5.91 Å². The van der Waals surface area contributed by atoms with Gasteiger partial charge < -0.3 is 10.0 Å². The lowest BCUT2D eigenvalue weighted by molar-refractivity contribution is -0.148. The summed E-state index contributed by atoms with van der Waals surface area (Å²) in [5.41, 5.74) is 0. The highest BCUT2D eigenvalue weighted by atomic mass is 16.4. The summed E-state index contributed by atoms with van der Waals surface area (Å²) in [6.07, 6.45) is 24.9. The third-order valence-electron chi connectivity index (χ3n) is 4.90. The molecule has 1 aliphatic heterocycles. The summed E-state index contributed by atoms with van der Waals surface area (Å²) >= 11 is 0. The number of carboxylic acid groups (broad SMARTS) is 1. The summed E-state index contributed by atoms with van der Waals surface area (Å²) in [7, 11) is 0. The van der Waals surface area contributed by atoms with Gasteiger partial charge in [-0.25, -0.2) is 4.79 Å². The van der Waals surface area contributed by atoms with Crippen molar-refractivity contribution in [3.8, 4) is 0 Å². The molecule has 1 amide bonds. The molecule has 0 aromatic heterocycles. The first-order valence-corrected chi connectivity index (χ1v) is 10.6. The van der Waals surface area contributed by atoms with E-state index in [9.17, 15) is 9.59 Å². The fraction of sp³-hybridized carbons (Fsp3) is 0.652. The van der Waals surface area contributed by atoms with Crippen LogP contribution in [-0.2, 0) is 9.59 Å². The van der Waals surface area contributed by atoms with Crippen LogP contribution >= 0.6 is 0 Å². The molecule has 1 N–H and O–H groups in total. The van der Waals surface area contributed by atoms with Crippen molar-refractivity contribution in [1.29, 1.82) is 0 Å². The van der Waals surface area contributed by atoms with Gasteiger partial charge in [0.05, 0.1) is 0 Å². The Labute approximate surface area is 165 Å². The molecule has 152 valence electrons. The van der Waals surface area contributed by atoms with Crippen LogP contribution in [-0.4, -0.2) is 34.5 Å². The van der Waals surface area contributed by atoms with E-state index in [1.165, 1.54) is 12.8 Å². The van der Waals surface area contributed by atoms with Crippen LogP contribution in [0.2, 0.25) is 0 Å². The zero-order valence-corrected chi connectivity index (χ0v) is 16.9. The van der Waals surface area contributed by atoms with E-state index in [2.05, 4.69) is 43.4 Å². The molecule has 1 saturated heterocycles. The molecule has 4 nitrogen and oxygen atoms in total. The van der Waals surface area contributed by atoms with Crippen molar-refractivity contribution < 1.29 is 14.7 Å². The number of carbonyl (C=O) groups excluding carboxylic acids is 1. The predicted molar refractivity (Wildman–Crippen MR) is 112 cm³/mol. The third kappa shape index (κ3) is 10.8. The van der Waals surface area contributed by atoms with Crippen LogP contribution in [0, 0.1) is 0 Å². The van der Waals surface area contributed by atoms with E-state index >= 15 is 0 Å². The molecule has 1 atom stereocenters. The van der Waals surface area contributed by atoms with Crippen LogP contribution in [0.4, 0.5) is 0 Å². The molecule has 0 aliphatic carbocycles. The molecule has 1 rings (SSSR count). The number of likely N-dealkylation sites (tertiary alicyclic amines) is 1. The second-order valence-corrected chi connectivity index (χ2v) is 7.18. The smallest absolute Gasteiger partial charge is 0.326 e. The Kier molecular flexibility index (Phi) is 13.1. The number of carboxylic acids is 1. The molecule has 1 aliphatic rings. The maximum Gasteiger partial charge on any atom is 0.326 e. The minimum Gasteiger partial charge on any atom is -0.480 e. The van der Waals surface area contributed by atoms with Gasteiger partial charge in [-0.3, -0.25) is 4.79 Å². The summed E-state index contributed by atoms with van der Waals surface area (Å²) in [6.45, 7) is 2.75. The Morgan fingerprint density at radius 3 is 2.26 bits per heavy atom. The number of hydrogen-bond acceptors (Lipinski definition) is 2. The van der Waals surface area contributed by atoms with E-state index in [1.807, 2.05) is 0 Å². The predicted octanol–water partition coefficient (Wildman–Crippen LogP) is 5.65. The van der Waals surface area contributed by atoms with E-state index < -0.39 is 12.0 Å². The number of unbranched alkanes of at least 4 members (excludes halogenated alkanes) is 5. The second kappa shape index (κ2) is 15.2. The van der Waals surface area contributed by atoms with Crippen molar-refractivity contribution in [3.63, 3.8) is 0 Å². The normalized spacial score (nSPS) is 17.7. The number of allylic oxidation sites excluding steroid dienone is 6. The maximum atomic E-state index is 12.1. The summed E-state index contributed by atoms with van der Waals surface area (Å²) < 4.78 is 0. The minimum atomic E-state index is -0.863. The third-order valence-corrected chi connectivity index (χ3v) is 4.90. The van der Waals surface area contributed by atoms with Crippen LogP contribution in [0.25, 0.3) is 0 Å². The van der Waals surface area contributed by atoms with Crippen molar-refractivity contribution >= 4 is 11.9 Å². The van der Waals surface area contributed by atoms with Gasteiger partial charge in [-0.1, -0.05) is 62.6 Å². The van der Waals surface area contributed by atoms with Crippen LogP contribution in [0.5, 0.6) is 0 Å². The molecular weight excluding hydrogens is 338 g/mol. The number of aliphatic carboxylic acids is 1. The van der Waals surface area contributed by atoms with Crippen molar-refractivity contribution in [3.05, 3.63) is 36.5 Å². The van der Waals surface area contributed by atoms with Gasteiger partial charge in [-0.2, -0.15) is 0 Å². The Morgan fingerprint density at radius 2 is 1.56 bits per heavy atom. The molecule has 0 radical (unpaired) electrons. The molecule has 0 aromatic rings. The lowest BCUT2D eigenvalue weighted by Gasteiger charge is -2.21. The van der Waals surface area contributed by atoms with E-state index in [1.54, 1.807) is 4.90 Å². The molecule has 4 heteroatoms. The standard InChI is InChI=1S/C23H37NO3/c1-2-3-4-5-6-7-8-9-10-11-12-13-14-15-16-19-22(25)24-20-17-18-21(24)23(26)27/h3-4,6-7,9-10,21H,2,5,8,11-20H2,1H3,(H,26,27)/b4-3-,7-6-,10-9-/t21-/m0/s1. The molecule has 1 fully saturated rings. The minimum absolute atomic E-state index is 0.0149. The highest BCUT2D eigenvalue weighted by Crippen LogP contribution is 2.19. The number of rotatable bonds is 14. The Bertz CT molecular complexity index is 508. The zero-order valence-electron chi connectivity index (χ0n) is 16.9. The van der Waals surface area contributed by atoms with Gasteiger partial charge in [-0.15, -0.1) is 0 Å². The van der Waals surface area contributed by atoms with Crippen LogP contribution in [0.3, 0.4) is 0 Å². The van der Waals surface area contributed by atoms with Gasteiger partial charge in [0.2, 0.25) is 5.91 Å². The summed E-state index contributed by atoms with van der Waals surface area (Å²) in [6, 6.07) is -0.591. The van der Waals surface area contributed by atoms with Crippen molar-refractivity contribution in [2.24, 2.45) is 0 Å². The van der Waals surface area contributed by atoms with Crippen LogP contribution in [0.15, 0.2) is 36.5 Å². The monoisotopic (exact) mass is 375 g/mol. The van der Waals surface area contributed by atoms with Crippen LogP contribution < -0.4 is 0 Å². The molecule has 0 saturated carbocycles. The first kappa shape index (κ1) is 23.2. The average molecular weight is 376 g/mol. The van der Waals surface area contributed by atoms with E-state index in [0.717, 1.165) is 51.4 Å². The molecule has 0 spiro atoms. The van der Waals surface area contributed by atoms with Crippen LogP contribution in [0.1, 0.15) is 84.0 Å². The second-order valence-electron chi connectivity index (χ2n) is 7.18. The fourth-order valence-electron chi connectivity index (χ4n) is 3.36. The topological polar surface area (TPSA) is 57.6 Å². The molecule has 0 unspecified atom stereocenters. The van der Waals surface area contributed by atoms with Crippen molar-refractivity contribution in [1.82, 2.24) is 4.90 Å². The molecule has 0 bridgehead atoms. The highest BCUT2D eigenvalue weighted by Gasteiger charge is 2.33. The number of nitrogens with zero attached hydrogens (tertiary/aromatic N) is 1. The molecule has 0 aromatic carbocycles. The maximum absolute atomic E-state index is 12.1. The van der Waals surface area contributed by atoms with E-state index in [0.29, 0.717) is 19.4 Å². The SMILES string of the molecule is CC/C=C\C/C=C\C/C=C\CCCCCCCC(=O)N1CCC[C@H]1C(=O)O. The number of carbonyl (C=O) groups is 2. The largest absolute Gasteiger partial charge is 0.480 e. The number of amides is 1. The molecule has 27 heavy (non-hydrogen) atoms. The Morgan fingerprint density at radius 1 is 0.926 bits per heavy atom. The first-order valence-electron chi connectivity index (χ1n) is 10.6. The molecule has 1 heterocycles. The van der Waals surface area contributed by atoms with Crippen molar-refractivity contribution in [2.75, 3.05) is 6.54 Å². The summed E-state index contributed by atoms with van der Waals surface area (Å²) in [4.78, 5) is 24.8. The van der Waals surface area contributed by atoms with Gasteiger partial charge >= 0.3 is 5.97 Å². The first-order chi connectivity index (χ1) is 13.2. The van der Waals surface area contributed by atoms with E-state index in [4.69, 9.17) is 5.11 Å². The lowest BCUT2D eigenvalue weighted by Crippen LogP contribution is -2.40. The Hall–Kier alpha value is -1.84. The highest BCUT2D eigenvalue weighted by molar-refractivity contribution is 5.84. The van der Waals surface area contributed by atoms with Gasteiger partial charge in [0.25, 0.3) is 0 Å². The van der Waals surface area contributed by atoms with Crippen molar-refractivity contribution in [2.45, 2.75) is 90.0 Å². The van der Waals surface area contributed by atoms with Gasteiger partial charge in [0.1, 0.15) is 6.04 Å². The van der Waals surface area contributed by atoms with Gasteiger partial charge in [0.15, 0.2) is 0 Å². The van der Waals surface area contributed by atoms with Gasteiger partial charge in [0, 0.05) is 13.0 Å². The fourth-order valence-corrected chi connectivity index (χ4v) is 3.36. The summed E-state index contributed by atoms with van der Waals surface area (Å²) in [5, 5.41) is 9.13. The number of hydrogen-bond donors (Lipinski definition) is 1. The molecular formula is C23H37NO3. The summed E-state index contributed by atoms with van der Waals surface area (Å²) in [5.74, 6) is -0.848. The quantitative estimate of drug-likeness (QED) is 0.315. The average Bonchev–Trinajstić information content (AvgIpc) is 3.15. The van der Waals surface area contributed by atoms with Gasteiger partial charge in [-0.05, 0) is 51.4 Å². The zero-order chi connectivity index (χ0) is 19.7.